The van der Waals surface area contributed by atoms with Crippen LogP contribution in [0.25, 0.3) is 0 Å². The SMILES string of the molecule is CC(C)N(Cc1cccs1)C(CN)c1ccc(Cl)c(Cl)c1. The molecule has 5 heteroatoms. The molecular formula is C16H20Cl2N2S. The summed E-state index contributed by atoms with van der Waals surface area (Å²) in [6.45, 7) is 5.81. The van der Waals surface area contributed by atoms with Gasteiger partial charge in [0.05, 0.1) is 10.0 Å². The monoisotopic (exact) mass is 342 g/mol. The smallest absolute Gasteiger partial charge is 0.0595 e. The molecule has 1 unspecified atom stereocenters. The summed E-state index contributed by atoms with van der Waals surface area (Å²) < 4.78 is 0. The van der Waals surface area contributed by atoms with Crippen LogP contribution >= 0.6 is 34.5 Å². The molecular weight excluding hydrogens is 323 g/mol. The van der Waals surface area contributed by atoms with E-state index >= 15 is 0 Å². The van der Waals surface area contributed by atoms with Gasteiger partial charge in [-0.25, -0.2) is 0 Å². The Hall–Kier alpha value is -0.580. The summed E-state index contributed by atoms with van der Waals surface area (Å²) in [5.41, 5.74) is 7.15. The van der Waals surface area contributed by atoms with Crippen molar-refractivity contribution in [1.29, 1.82) is 0 Å². The standard InChI is InChI=1S/C16H20Cl2N2S/c1-11(2)20(10-13-4-3-7-21-13)16(9-19)12-5-6-14(17)15(18)8-12/h3-8,11,16H,9-10,19H2,1-2H3. The highest BCUT2D eigenvalue weighted by Gasteiger charge is 2.22. The zero-order valence-electron chi connectivity index (χ0n) is 12.2. The molecule has 2 nitrogen and oxygen atoms in total. The quantitative estimate of drug-likeness (QED) is 0.803. The Morgan fingerprint density at radius 2 is 1.95 bits per heavy atom. The Bertz CT molecular complexity index is 570. The van der Waals surface area contributed by atoms with Gasteiger partial charge in [-0.3, -0.25) is 4.90 Å². The van der Waals surface area contributed by atoms with Crippen LogP contribution in [0.15, 0.2) is 35.7 Å². The van der Waals surface area contributed by atoms with Gasteiger partial charge in [0.1, 0.15) is 0 Å². The molecule has 0 bridgehead atoms. The number of halogens is 2. The van der Waals surface area contributed by atoms with Crippen molar-refractivity contribution in [2.45, 2.75) is 32.5 Å². The van der Waals surface area contributed by atoms with Crippen molar-refractivity contribution in [3.63, 3.8) is 0 Å². The molecule has 1 atom stereocenters. The molecule has 1 aromatic heterocycles. The number of hydrogen-bond acceptors (Lipinski definition) is 3. The number of hydrogen-bond donors (Lipinski definition) is 1. The Kier molecular flexibility index (Phi) is 6.08. The highest BCUT2D eigenvalue weighted by molar-refractivity contribution is 7.09. The van der Waals surface area contributed by atoms with E-state index in [1.807, 2.05) is 18.2 Å². The number of benzene rings is 1. The third kappa shape index (κ3) is 4.21. The van der Waals surface area contributed by atoms with Crippen LogP contribution in [0.1, 0.15) is 30.3 Å². The predicted molar refractivity (Wildman–Crippen MR) is 93.3 cm³/mol. The maximum absolute atomic E-state index is 6.15. The average Bonchev–Trinajstić information content (AvgIpc) is 2.95. The molecule has 0 fully saturated rings. The molecule has 1 aromatic carbocycles. The second-order valence-electron chi connectivity index (χ2n) is 5.27. The average molecular weight is 343 g/mol. The van der Waals surface area contributed by atoms with Gasteiger partial charge in [0.15, 0.2) is 0 Å². The van der Waals surface area contributed by atoms with Crippen LogP contribution < -0.4 is 5.73 Å². The minimum Gasteiger partial charge on any atom is -0.329 e. The summed E-state index contributed by atoms with van der Waals surface area (Å²) in [5.74, 6) is 0. The third-order valence-electron chi connectivity index (χ3n) is 3.53. The molecule has 0 radical (unpaired) electrons. The highest BCUT2D eigenvalue weighted by atomic mass is 35.5. The minimum atomic E-state index is 0.127. The molecule has 1 heterocycles. The normalized spacial score (nSPS) is 13.1. The van der Waals surface area contributed by atoms with Crippen LogP contribution in [0.2, 0.25) is 10.0 Å². The summed E-state index contributed by atoms with van der Waals surface area (Å²) in [5, 5.41) is 3.25. The first kappa shape index (κ1) is 16.8. The molecule has 0 saturated heterocycles. The fourth-order valence-corrected chi connectivity index (χ4v) is 3.44. The fraction of sp³-hybridized carbons (Fsp3) is 0.375. The van der Waals surface area contributed by atoms with Crippen LogP contribution in [0.4, 0.5) is 0 Å². The zero-order chi connectivity index (χ0) is 15.4. The fourth-order valence-electron chi connectivity index (χ4n) is 2.42. The lowest BCUT2D eigenvalue weighted by Gasteiger charge is -2.34. The Balaban J connectivity index is 2.28. The first-order chi connectivity index (χ1) is 10.0. The van der Waals surface area contributed by atoms with Gasteiger partial charge in [0, 0.05) is 30.1 Å². The van der Waals surface area contributed by atoms with Gasteiger partial charge in [-0.15, -0.1) is 11.3 Å². The van der Waals surface area contributed by atoms with Gasteiger partial charge in [-0.1, -0.05) is 35.3 Å². The van der Waals surface area contributed by atoms with Crippen molar-refractivity contribution >= 4 is 34.5 Å². The molecule has 114 valence electrons. The van der Waals surface area contributed by atoms with Crippen molar-refractivity contribution in [2.75, 3.05) is 6.54 Å². The molecule has 0 amide bonds. The van der Waals surface area contributed by atoms with E-state index in [1.165, 1.54) is 4.88 Å². The van der Waals surface area contributed by atoms with Crippen molar-refractivity contribution in [3.05, 3.63) is 56.2 Å². The van der Waals surface area contributed by atoms with Crippen LogP contribution in [0.5, 0.6) is 0 Å². The second kappa shape index (κ2) is 7.61. The Morgan fingerprint density at radius 3 is 2.48 bits per heavy atom. The van der Waals surface area contributed by atoms with E-state index in [1.54, 1.807) is 11.3 Å². The number of thiophene rings is 1. The lowest BCUT2D eigenvalue weighted by atomic mass is 10.0. The topological polar surface area (TPSA) is 29.3 Å². The minimum absolute atomic E-state index is 0.127. The molecule has 2 N–H and O–H groups in total. The zero-order valence-corrected chi connectivity index (χ0v) is 14.6. The first-order valence-electron chi connectivity index (χ1n) is 6.96. The number of rotatable bonds is 6. The summed E-state index contributed by atoms with van der Waals surface area (Å²) in [7, 11) is 0. The Labute approximate surface area is 140 Å². The van der Waals surface area contributed by atoms with Gasteiger partial charge >= 0.3 is 0 Å². The van der Waals surface area contributed by atoms with Gasteiger partial charge in [-0.2, -0.15) is 0 Å². The van der Waals surface area contributed by atoms with Crippen molar-refractivity contribution in [3.8, 4) is 0 Å². The van der Waals surface area contributed by atoms with Crippen LogP contribution in [0.3, 0.4) is 0 Å². The summed E-state index contributed by atoms with van der Waals surface area (Å²) in [6.07, 6.45) is 0. The second-order valence-corrected chi connectivity index (χ2v) is 7.12. The summed E-state index contributed by atoms with van der Waals surface area (Å²) in [4.78, 5) is 3.73. The highest BCUT2D eigenvalue weighted by Crippen LogP contribution is 2.30. The largest absolute Gasteiger partial charge is 0.329 e. The van der Waals surface area contributed by atoms with E-state index in [0.717, 1.165) is 12.1 Å². The molecule has 0 aliphatic heterocycles. The molecule has 0 aliphatic rings. The van der Waals surface area contributed by atoms with E-state index in [2.05, 4.69) is 36.3 Å². The van der Waals surface area contributed by atoms with Gasteiger partial charge < -0.3 is 5.73 Å². The number of nitrogens with zero attached hydrogens (tertiary/aromatic N) is 1. The van der Waals surface area contributed by atoms with Gasteiger partial charge in [0.25, 0.3) is 0 Å². The predicted octanol–water partition coefficient (Wildman–Crippen LogP) is 4.97. The van der Waals surface area contributed by atoms with Gasteiger partial charge in [0.2, 0.25) is 0 Å². The maximum Gasteiger partial charge on any atom is 0.0595 e. The van der Waals surface area contributed by atoms with Crippen molar-refractivity contribution in [1.82, 2.24) is 4.90 Å². The lowest BCUT2D eigenvalue weighted by Crippen LogP contribution is -2.38. The van der Waals surface area contributed by atoms with E-state index in [0.29, 0.717) is 22.6 Å². The van der Waals surface area contributed by atoms with Crippen molar-refractivity contribution in [2.24, 2.45) is 5.73 Å². The molecule has 0 aliphatic carbocycles. The Morgan fingerprint density at radius 1 is 1.19 bits per heavy atom. The van der Waals surface area contributed by atoms with Gasteiger partial charge in [-0.05, 0) is 43.0 Å². The summed E-state index contributed by atoms with van der Waals surface area (Å²) in [6, 6.07) is 10.5. The van der Waals surface area contributed by atoms with Crippen molar-refractivity contribution < 1.29 is 0 Å². The van der Waals surface area contributed by atoms with E-state index in [4.69, 9.17) is 28.9 Å². The number of nitrogens with two attached hydrogens (primary N) is 1. The molecule has 0 spiro atoms. The molecule has 2 aromatic rings. The van der Waals surface area contributed by atoms with Crippen LogP contribution in [0, 0.1) is 0 Å². The molecule has 2 rings (SSSR count). The molecule has 0 saturated carbocycles. The maximum atomic E-state index is 6.15. The third-order valence-corrected chi connectivity index (χ3v) is 5.13. The first-order valence-corrected chi connectivity index (χ1v) is 8.59. The van der Waals surface area contributed by atoms with E-state index in [-0.39, 0.29) is 6.04 Å². The van der Waals surface area contributed by atoms with Crippen LogP contribution in [-0.2, 0) is 6.54 Å². The van der Waals surface area contributed by atoms with Crippen LogP contribution in [-0.4, -0.2) is 17.5 Å². The molecule has 21 heavy (non-hydrogen) atoms. The lowest BCUT2D eigenvalue weighted by molar-refractivity contribution is 0.149. The van der Waals surface area contributed by atoms with E-state index in [9.17, 15) is 0 Å². The summed E-state index contributed by atoms with van der Waals surface area (Å²) >= 11 is 13.9. The van der Waals surface area contributed by atoms with E-state index < -0.39 is 0 Å².